The van der Waals surface area contributed by atoms with Gasteiger partial charge in [-0.1, -0.05) is 42.5 Å². The van der Waals surface area contributed by atoms with Gasteiger partial charge in [0, 0.05) is 0 Å². The zero-order valence-corrected chi connectivity index (χ0v) is 13.4. The van der Waals surface area contributed by atoms with Crippen LogP contribution in [0.2, 0.25) is 0 Å². The maximum Gasteiger partial charge on any atom is 0.413 e. The van der Waals surface area contributed by atoms with Crippen LogP contribution in [-0.2, 0) is 11.3 Å². The van der Waals surface area contributed by atoms with E-state index in [-0.39, 0.29) is 6.04 Å². The molecule has 0 saturated carbocycles. The van der Waals surface area contributed by atoms with Gasteiger partial charge in [-0.2, -0.15) is 0 Å². The Hall–Kier alpha value is -3.02. The van der Waals surface area contributed by atoms with Crippen LogP contribution in [0.25, 0.3) is 0 Å². The molecule has 6 heteroatoms. The van der Waals surface area contributed by atoms with Crippen molar-refractivity contribution in [1.29, 1.82) is 0 Å². The van der Waals surface area contributed by atoms with Crippen molar-refractivity contribution in [2.45, 2.75) is 12.6 Å². The highest BCUT2D eigenvalue weighted by Crippen LogP contribution is 2.21. The van der Waals surface area contributed by atoms with Crippen molar-refractivity contribution in [1.82, 2.24) is 10.6 Å². The van der Waals surface area contributed by atoms with Gasteiger partial charge in [-0.25, -0.2) is 4.79 Å². The maximum absolute atomic E-state index is 11.2. The Balaban J connectivity index is 1.53. The van der Waals surface area contributed by atoms with Gasteiger partial charge in [-0.05, 0) is 23.3 Å². The second-order valence-corrected chi connectivity index (χ2v) is 5.35. The molecule has 0 spiro atoms. The van der Waals surface area contributed by atoms with E-state index in [9.17, 15) is 4.79 Å². The van der Waals surface area contributed by atoms with Gasteiger partial charge in [0.2, 0.25) is 5.96 Å². The summed E-state index contributed by atoms with van der Waals surface area (Å²) >= 11 is 0. The summed E-state index contributed by atoms with van der Waals surface area (Å²) in [7, 11) is 1.32. The number of carbonyl (C=O) groups is 1. The summed E-state index contributed by atoms with van der Waals surface area (Å²) in [6.07, 6.45) is -0.536. The third kappa shape index (κ3) is 4.04. The quantitative estimate of drug-likeness (QED) is 0.906. The van der Waals surface area contributed by atoms with E-state index in [0.29, 0.717) is 19.1 Å². The van der Waals surface area contributed by atoms with Crippen molar-refractivity contribution in [3.8, 4) is 5.75 Å². The number of amides is 1. The number of guanidine groups is 1. The summed E-state index contributed by atoms with van der Waals surface area (Å²) in [4.78, 5) is 15.4. The highest BCUT2D eigenvalue weighted by Gasteiger charge is 2.20. The molecule has 1 aliphatic rings. The first kappa shape index (κ1) is 15.9. The molecule has 0 radical (unpaired) electrons. The lowest BCUT2D eigenvalue weighted by Gasteiger charge is -2.13. The number of ether oxygens (including phenoxy) is 2. The molecule has 6 nitrogen and oxygen atoms in total. The molecule has 2 N–H and O–H groups in total. The Labute approximate surface area is 140 Å². The molecule has 2 aromatic carbocycles. The Morgan fingerprint density at radius 1 is 1.21 bits per heavy atom. The number of hydrogen-bond donors (Lipinski definition) is 2. The van der Waals surface area contributed by atoms with E-state index in [1.165, 1.54) is 7.11 Å². The van der Waals surface area contributed by atoms with E-state index >= 15 is 0 Å². The number of alkyl carbamates (subject to hydrolysis) is 1. The molecule has 1 aliphatic heterocycles. The highest BCUT2D eigenvalue weighted by atomic mass is 16.5. The minimum atomic E-state index is -0.536. The van der Waals surface area contributed by atoms with Gasteiger partial charge in [0.15, 0.2) is 0 Å². The fraction of sp³-hybridized carbons (Fsp3) is 0.222. The average molecular weight is 325 g/mol. The van der Waals surface area contributed by atoms with E-state index in [2.05, 4.69) is 20.4 Å². The standard InChI is InChI=1S/C18H19N3O3/c1-23-18(22)21-17-19-11-16(20-17)14-7-9-15(10-8-14)24-12-13-5-3-2-4-6-13/h2-10,16H,11-12H2,1H3,(H2,19,20,21,22). The topological polar surface area (TPSA) is 72.0 Å². The monoisotopic (exact) mass is 325 g/mol. The number of rotatable bonds is 4. The molecule has 1 heterocycles. The van der Waals surface area contributed by atoms with Crippen molar-refractivity contribution in [3.63, 3.8) is 0 Å². The number of nitrogens with one attached hydrogen (secondary N) is 2. The molecule has 0 bridgehead atoms. The minimum absolute atomic E-state index is 0.0281. The zero-order valence-electron chi connectivity index (χ0n) is 13.4. The largest absolute Gasteiger partial charge is 0.489 e. The van der Waals surface area contributed by atoms with E-state index in [4.69, 9.17) is 4.74 Å². The van der Waals surface area contributed by atoms with Crippen molar-refractivity contribution in [3.05, 3.63) is 65.7 Å². The fourth-order valence-corrected chi connectivity index (χ4v) is 2.39. The SMILES string of the molecule is COC(=O)NC1=NCC(c2ccc(OCc3ccccc3)cc2)N1. The first-order valence-corrected chi connectivity index (χ1v) is 7.67. The van der Waals surface area contributed by atoms with Crippen molar-refractivity contribution in [2.24, 2.45) is 4.99 Å². The Morgan fingerprint density at radius 3 is 2.67 bits per heavy atom. The molecule has 124 valence electrons. The summed E-state index contributed by atoms with van der Waals surface area (Å²) in [5, 5.41) is 5.68. The van der Waals surface area contributed by atoms with Crippen molar-refractivity contribution in [2.75, 3.05) is 13.7 Å². The molecule has 0 fully saturated rings. The number of hydrogen-bond acceptors (Lipinski definition) is 5. The van der Waals surface area contributed by atoms with Crippen LogP contribution in [0.5, 0.6) is 5.75 Å². The lowest BCUT2D eigenvalue weighted by atomic mass is 10.1. The van der Waals surface area contributed by atoms with Crippen LogP contribution >= 0.6 is 0 Å². The summed E-state index contributed by atoms with van der Waals surface area (Å²) < 4.78 is 10.3. The van der Waals surface area contributed by atoms with Crippen LogP contribution in [-0.4, -0.2) is 25.7 Å². The zero-order chi connectivity index (χ0) is 16.8. The second kappa shape index (κ2) is 7.50. The minimum Gasteiger partial charge on any atom is -0.489 e. The van der Waals surface area contributed by atoms with Crippen molar-refractivity contribution < 1.29 is 14.3 Å². The van der Waals surface area contributed by atoms with Crippen LogP contribution in [0.1, 0.15) is 17.2 Å². The summed E-state index contributed by atoms with van der Waals surface area (Å²) in [6, 6.07) is 17.9. The summed E-state index contributed by atoms with van der Waals surface area (Å²) in [5.74, 6) is 1.24. The fourth-order valence-electron chi connectivity index (χ4n) is 2.39. The first-order chi connectivity index (χ1) is 11.7. The first-order valence-electron chi connectivity index (χ1n) is 7.67. The Morgan fingerprint density at radius 2 is 1.96 bits per heavy atom. The van der Waals surface area contributed by atoms with Gasteiger partial charge in [0.05, 0.1) is 19.7 Å². The van der Waals surface area contributed by atoms with E-state index in [0.717, 1.165) is 16.9 Å². The van der Waals surface area contributed by atoms with Gasteiger partial charge in [0.1, 0.15) is 12.4 Å². The summed E-state index contributed by atoms with van der Waals surface area (Å²) in [5.41, 5.74) is 2.21. The van der Waals surface area contributed by atoms with Gasteiger partial charge in [0.25, 0.3) is 0 Å². The summed E-state index contributed by atoms with van der Waals surface area (Å²) in [6.45, 7) is 1.10. The van der Waals surface area contributed by atoms with Gasteiger partial charge < -0.3 is 14.8 Å². The number of methoxy groups -OCH3 is 1. The molecule has 0 aromatic heterocycles. The third-order valence-electron chi connectivity index (χ3n) is 3.68. The lowest BCUT2D eigenvalue weighted by molar-refractivity contribution is 0.176. The average Bonchev–Trinajstić information content (AvgIpc) is 3.09. The van der Waals surface area contributed by atoms with Crippen molar-refractivity contribution >= 4 is 12.1 Å². The van der Waals surface area contributed by atoms with Gasteiger partial charge in [-0.3, -0.25) is 10.3 Å². The predicted molar refractivity (Wildman–Crippen MR) is 90.9 cm³/mol. The van der Waals surface area contributed by atoms with Crippen LogP contribution in [0, 0.1) is 0 Å². The second-order valence-electron chi connectivity index (χ2n) is 5.35. The van der Waals surface area contributed by atoms with Crippen LogP contribution < -0.4 is 15.4 Å². The van der Waals surface area contributed by atoms with E-state index in [1.807, 2.05) is 54.6 Å². The highest BCUT2D eigenvalue weighted by molar-refractivity contribution is 5.94. The molecule has 3 rings (SSSR count). The molecule has 0 aliphatic carbocycles. The van der Waals surface area contributed by atoms with E-state index < -0.39 is 6.09 Å². The molecule has 1 unspecified atom stereocenters. The molecule has 1 atom stereocenters. The molecular formula is C18H19N3O3. The number of nitrogens with zero attached hydrogens (tertiary/aromatic N) is 1. The smallest absolute Gasteiger partial charge is 0.413 e. The Kier molecular flexibility index (Phi) is 4.96. The number of aliphatic imine (C=N–C) groups is 1. The predicted octanol–water partition coefficient (Wildman–Crippen LogP) is 2.62. The number of benzene rings is 2. The number of carbonyl (C=O) groups excluding carboxylic acids is 1. The van der Waals surface area contributed by atoms with Crippen LogP contribution in [0.4, 0.5) is 4.79 Å². The van der Waals surface area contributed by atoms with Crippen LogP contribution in [0.3, 0.4) is 0 Å². The normalized spacial score (nSPS) is 16.0. The van der Waals surface area contributed by atoms with Gasteiger partial charge in [-0.15, -0.1) is 0 Å². The van der Waals surface area contributed by atoms with Gasteiger partial charge >= 0.3 is 6.09 Å². The van der Waals surface area contributed by atoms with Crippen LogP contribution in [0.15, 0.2) is 59.6 Å². The molecule has 0 saturated heterocycles. The molecule has 24 heavy (non-hydrogen) atoms. The maximum atomic E-state index is 11.2. The molecule has 2 aromatic rings. The molecular weight excluding hydrogens is 306 g/mol. The molecule has 1 amide bonds. The Bertz CT molecular complexity index is 714. The van der Waals surface area contributed by atoms with E-state index in [1.54, 1.807) is 0 Å². The third-order valence-corrected chi connectivity index (χ3v) is 3.68. The lowest BCUT2D eigenvalue weighted by Crippen LogP contribution is -2.39.